The third-order valence-corrected chi connectivity index (χ3v) is 3.15. The molecule has 0 atom stereocenters. The molecule has 1 aliphatic carbocycles. The predicted octanol–water partition coefficient (Wildman–Crippen LogP) is 4.44. The van der Waals surface area contributed by atoms with E-state index in [0.717, 1.165) is 18.8 Å². The fraction of sp³-hybridized carbons (Fsp3) is 0.667. The van der Waals surface area contributed by atoms with Crippen molar-refractivity contribution in [1.82, 2.24) is 5.32 Å². The van der Waals surface area contributed by atoms with Gasteiger partial charge in [0.05, 0.1) is 0 Å². The molecule has 1 rings (SSSR count). The number of ketones is 1. The van der Waals surface area contributed by atoms with Crippen LogP contribution in [0.4, 0.5) is 0 Å². The van der Waals surface area contributed by atoms with E-state index in [0.29, 0.717) is 11.6 Å². The smallest absolute Gasteiger partial charge is 0.243 e. The number of rotatable bonds is 3. The highest BCUT2D eigenvalue weighted by Crippen LogP contribution is 2.23. The van der Waals surface area contributed by atoms with Gasteiger partial charge >= 0.3 is 0 Å². The second kappa shape index (κ2) is 13.6. The van der Waals surface area contributed by atoms with E-state index in [-0.39, 0.29) is 11.7 Å². The summed E-state index contributed by atoms with van der Waals surface area (Å²) in [6, 6.07) is 0.395. The van der Waals surface area contributed by atoms with Crippen LogP contribution in [-0.4, -0.2) is 17.7 Å². The molecule has 0 aromatic rings. The summed E-state index contributed by atoms with van der Waals surface area (Å²) in [5.41, 5.74) is 0.620. The number of carbonyl (C=O) groups is 2. The van der Waals surface area contributed by atoms with Gasteiger partial charge in [-0.25, -0.2) is 0 Å². The van der Waals surface area contributed by atoms with E-state index in [4.69, 9.17) is 0 Å². The van der Waals surface area contributed by atoms with Crippen LogP contribution < -0.4 is 5.32 Å². The maximum atomic E-state index is 10.9. The molecule has 0 aromatic carbocycles. The minimum Gasteiger partial charge on any atom is -0.350 e. The number of allylic oxidation sites excluding steroid dienone is 1. The van der Waals surface area contributed by atoms with Gasteiger partial charge < -0.3 is 5.32 Å². The Morgan fingerprint density at radius 2 is 1.52 bits per heavy atom. The van der Waals surface area contributed by atoms with E-state index >= 15 is 0 Å². The second-order valence-corrected chi connectivity index (χ2v) is 5.71. The maximum Gasteiger partial charge on any atom is 0.243 e. The average Bonchev–Trinajstić information content (AvgIpc) is 2.42. The molecule has 0 bridgehead atoms. The first-order chi connectivity index (χ1) is 9.78. The molecule has 0 saturated heterocycles. The summed E-state index contributed by atoms with van der Waals surface area (Å²) in [5.74, 6) is 0.867. The average molecular weight is 295 g/mol. The third-order valence-electron chi connectivity index (χ3n) is 3.15. The lowest BCUT2D eigenvalue weighted by Crippen LogP contribution is -2.36. The van der Waals surface area contributed by atoms with E-state index in [2.05, 4.69) is 39.2 Å². The Hall–Kier alpha value is -1.38. The van der Waals surface area contributed by atoms with Crippen LogP contribution in [0.25, 0.3) is 0 Å². The van der Waals surface area contributed by atoms with Crippen molar-refractivity contribution in [3.63, 3.8) is 0 Å². The zero-order valence-electron chi connectivity index (χ0n) is 14.5. The van der Waals surface area contributed by atoms with Crippen LogP contribution in [0.15, 0.2) is 24.8 Å². The van der Waals surface area contributed by atoms with Gasteiger partial charge in [0.15, 0.2) is 5.78 Å². The highest BCUT2D eigenvalue weighted by molar-refractivity contribution is 5.91. The summed E-state index contributed by atoms with van der Waals surface area (Å²) < 4.78 is 0. The molecule has 0 radical (unpaired) electrons. The van der Waals surface area contributed by atoms with Crippen molar-refractivity contribution in [1.29, 1.82) is 0 Å². The molecule has 0 aliphatic heterocycles. The first kappa shape index (κ1) is 21.9. The highest BCUT2D eigenvalue weighted by Gasteiger charge is 2.18. The summed E-state index contributed by atoms with van der Waals surface area (Å²) in [6.07, 6.45) is 7.32. The standard InChI is InChI=1S/C10H17NO.C5H8O.C3H8/c1-3-10(12)11-9-6-4-8(2)5-7-9;1-4(2)5(3)6;1-3-2/h3,8-9H,1,4-7H2,2H3,(H,11,12);1H2,2-3H3;3H2,1-2H3. The van der Waals surface area contributed by atoms with Crippen LogP contribution in [0.2, 0.25) is 0 Å². The first-order valence-electron chi connectivity index (χ1n) is 7.87. The molecule has 0 aromatic heterocycles. The highest BCUT2D eigenvalue weighted by atomic mass is 16.1. The van der Waals surface area contributed by atoms with Crippen LogP contribution in [0.3, 0.4) is 0 Å². The molecule has 1 fully saturated rings. The maximum absolute atomic E-state index is 10.9. The van der Waals surface area contributed by atoms with E-state index in [1.54, 1.807) is 6.92 Å². The van der Waals surface area contributed by atoms with Gasteiger partial charge in [-0.15, -0.1) is 0 Å². The van der Waals surface area contributed by atoms with Crippen LogP contribution >= 0.6 is 0 Å². The molecule has 21 heavy (non-hydrogen) atoms. The van der Waals surface area contributed by atoms with E-state index < -0.39 is 0 Å². The van der Waals surface area contributed by atoms with Crippen LogP contribution in [-0.2, 0) is 9.59 Å². The van der Waals surface area contributed by atoms with Gasteiger partial charge in [0.1, 0.15) is 0 Å². The monoisotopic (exact) mass is 295 g/mol. The zero-order valence-corrected chi connectivity index (χ0v) is 14.5. The van der Waals surface area contributed by atoms with Crippen molar-refractivity contribution in [2.45, 2.75) is 72.8 Å². The number of hydrogen-bond acceptors (Lipinski definition) is 2. The topological polar surface area (TPSA) is 46.2 Å². The van der Waals surface area contributed by atoms with E-state index in [1.165, 1.54) is 32.3 Å². The number of Topliss-reactive ketones (excluding diaryl/α,β-unsaturated/α-hetero) is 1. The van der Waals surface area contributed by atoms with Crippen LogP contribution in [0, 0.1) is 5.92 Å². The van der Waals surface area contributed by atoms with Crippen LogP contribution in [0.1, 0.15) is 66.7 Å². The molecule has 0 heterocycles. The lowest BCUT2D eigenvalue weighted by Gasteiger charge is -2.26. The van der Waals surface area contributed by atoms with Crippen molar-refractivity contribution in [3.05, 3.63) is 24.8 Å². The normalized spacial score (nSPS) is 19.9. The molecule has 3 heteroatoms. The van der Waals surface area contributed by atoms with Crippen molar-refractivity contribution >= 4 is 11.7 Å². The van der Waals surface area contributed by atoms with E-state index in [1.807, 2.05) is 0 Å². The molecule has 0 unspecified atom stereocenters. The number of carbonyl (C=O) groups excluding carboxylic acids is 2. The number of amides is 1. The van der Waals surface area contributed by atoms with Gasteiger partial charge in [-0.1, -0.05) is 40.3 Å². The summed E-state index contributed by atoms with van der Waals surface area (Å²) in [4.78, 5) is 21.0. The zero-order chi connectivity index (χ0) is 16.8. The van der Waals surface area contributed by atoms with Gasteiger partial charge in [0.2, 0.25) is 5.91 Å². The fourth-order valence-electron chi connectivity index (χ4n) is 1.66. The Bertz CT molecular complexity index is 314. The Morgan fingerprint density at radius 3 is 1.81 bits per heavy atom. The molecule has 3 nitrogen and oxygen atoms in total. The van der Waals surface area contributed by atoms with Gasteiger partial charge in [-0.2, -0.15) is 0 Å². The minimum absolute atomic E-state index is 0.0328. The molecule has 1 amide bonds. The summed E-state index contributed by atoms with van der Waals surface area (Å²) in [6.45, 7) is 16.6. The van der Waals surface area contributed by atoms with Gasteiger partial charge in [0.25, 0.3) is 0 Å². The Balaban J connectivity index is 0. The molecule has 1 N–H and O–H groups in total. The fourth-order valence-corrected chi connectivity index (χ4v) is 1.66. The largest absolute Gasteiger partial charge is 0.350 e. The first-order valence-corrected chi connectivity index (χ1v) is 7.87. The van der Waals surface area contributed by atoms with Crippen LogP contribution in [0.5, 0.6) is 0 Å². The number of hydrogen-bond donors (Lipinski definition) is 1. The SMILES string of the molecule is C=C(C)C(C)=O.C=CC(=O)NC1CCC(C)CC1.CCC. The Kier molecular flexibility index (Phi) is 14.2. The third kappa shape index (κ3) is 14.8. The predicted molar refractivity (Wildman–Crippen MR) is 91.2 cm³/mol. The van der Waals surface area contributed by atoms with Gasteiger partial charge in [-0.05, 0) is 57.1 Å². The second-order valence-electron chi connectivity index (χ2n) is 5.71. The lowest BCUT2D eigenvalue weighted by molar-refractivity contribution is -0.117. The molecule has 1 saturated carbocycles. The van der Waals surface area contributed by atoms with Crippen molar-refractivity contribution in [3.8, 4) is 0 Å². The Morgan fingerprint density at radius 1 is 1.14 bits per heavy atom. The van der Waals surface area contributed by atoms with Crippen molar-refractivity contribution < 1.29 is 9.59 Å². The lowest BCUT2D eigenvalue weighted by atomic mass is 9.87. The van der Waals surface area contributed by atoms with Crippen molar-refractivity contribution in [2.75, 3.05) is 0 Å². The number of nitrogens with one attached hydrogen (secondary N) is 1. The molecule has 1 aliphatic rings. The Labute approximate surface area is 130 Å². The van der Waals surface area contributed by atoms with Gasteiger partial charge in [-0.3, -0.25) is 9.59 Å². The van der Waals surface area contributed by atoms with Crippen molar-refractivity contribution in [2.24, 2.45) is 5.92 Å². The minimum atomic E-state index is -0.0328. The summed E-state index contributed by atoms with van der Waals surface area (Å²) in [7, 11) is 0. The molecule has 122 valence electrons. The van der Waals surface area contributed by atoms with E-state index in [9.17, 15) is 9.59 Å². The summed E-state index contributed by atoms with van der Waals surface area (Å²) >= 11 is 0. The molecule has 0 spiro atoms. The molecular formula is C18H33NO2. The van der Waals surface area contributed by atoms with Gasteiger partial charge in [0, 0.05) is 6.04 Å². The molecular weight excluding hydrogens is 262 g/mol. The summed E-state index contributed by atoms with van der Waals surface area (Å²) in [5, 5.41) is 2.93. The quantitative estimate of drug-likeness (QED) is 0.783.